The maximum atomic E-state index is 13.4. The monoisotopic (exact) mass is 350 g/mol. The average Bonchev–Trinajstić information content (AvgIpc) is 2.58. The summed E-state index contributed by atoms with van der Waals surface area (Å²) in [5, 5.41) is 9.84. The van der Waals surface area contributed by atoms with Crippen molar-refractivity contribution in [1.29, 1.82) is 0 Å². The Morgan fingerprint density at radius 1 is 1.21 bits per heavy atom. The van der Waals surface area contributed by atoms with Gasteiger partial charge in [-0.05, 0) is 57.9 Å². The molecule has 138 valence electrons. The summed E-state index contributed by atoms with van der Waals surface area (Å²) in [4.78, 5) is 4.97. The molecule has 2 fully saturated rings. The highest BCUT2D eigenvalue weighted by atomic mass is 19.4. The number of ether oxygens (including phenoxy) is 2. The molecule has 2 aliphatic heterocycles. The van der Waals surface area contributed by atoms with Crippen LogP contribution in [0.25, 0.3) is 0 Å². The summed E-state index contributed by atoms with van der Waals surface area (Å²) in [5.74, 6) is -1.50. The molecule has 3 rings (SSSR count). The lowest BCUT2D eigenvalue weighted by Gasteiger charge is -2.54. The van der Waals surface area contributed by atoms with E-state index in [1.807, 2.05) is 13.8 Å². The first-order valence-electron chi connectivity index (χ1n) is 8.48. The third kappa shape index (κ3) is 2.56. The lowest BCUT2D eigenvalue weighted by molar-refractivity contribution is -0.423. The van der Waals surface area contributed by atoms with E-state index in [-0.39, 0.29) is 17.4 Å². The van der Waals surface area contributed by atoms with Crippen molar-refractivity contribution in [2.45, 2.75) is 77.0 Å². The summed E-state index contributed by atoms with van der Waals surface area (Å²) in [6, 6.07) is 0. The van der Waals surface area contributed by atoms with Crippen LogP contribution in [-0.2, 0) is 14.4 Å². The Bertz CT molecular complexity index is 542. The molecule has 0 unspecified atom stereocenters. The van der Waals surface area contributed by atoms with E-state index in [9.17, 15) is 18.4 Å². The van der Waals surface area contributed by atoms with Crippen LogP contribution in [0.15, 0.2) is 11.3 Å². The Balaban J connectivity index is 2.16. The predicted octanol–water partition coefficient (Wildman–Crippen LogP) is 4.66. The molecule has 1 N–H and O–H groups in total. The number of halogens is 3. The smallest absolute Gasteiger partial charge is 0.448 e. The summed E-state index contributed by atoms with van der Waals surface area (Å²) in [6.07, 6.45) is -3.20. The number of rotatable bonds is 1. The Kier molecular flexibility index (Phi) is 4.21. The first-order chi connectivity index (χ1) is 11.0. The molecule has 24 heavy (non-hydrogen) atoms. The number of allylic oxidation sites excluding steroid dienone is 1. The maximum absolute atomic E-state index is 13.4. The average molecular weight is 350 g/mol. The Morgan fingerprint density at radius 2 is 1.88 bits per heavy atom. The van der Waals surface area contributed by atoms with E-state index in [0.717, 1.165) is 6.42 Å². The van der Waals surface area contributed by atoms with Gasteiger partial charge in [0.2, 0.25) is 12.0 Å². The summed E-state index contributed by atoms with van der Waals surface area (Å²) < 4.78 is 51.5. The molecule has 0 spiro atoms. The molecule has 3 aliphatic rings. The predicted molar refractivity (Wildman–Crippen MR) is 79.8 cm³/mol. The van der Waals surface area contributed by atoms with Crippen molar-refractivity contribution in [2.75, 3.05) is 0 Å². The Morgan fingerprint density at radius 3 is 2.46 bits per heavy atom. The highest BCUT2D eigenvalue weighted by molar-refractivity contribution is 5.26. The van der Waals surface area contributed by atoms with E-state index in [0.29, 0.717) is 19.3 Å². The fourth-order valence-electron chi connectivity index (χ4n) is 4.85. The van der Waals surface area contributed by atoms with Crippen LogP contribution in [0.4, 0.5) is 13.2 Å². The minimum absolute atomic E-state index is 0.0907. The summed E-state index contributed by atoms with van der Waals surface area (Å²) in [7, 11) is 0. The van der Waals surface area contributed by atoms with Gasteiger partial charge in [-0.25, -0.2) is 4.89 Å². The van der Waals surface area contributed by atoms with Crippen LogP contribution in [0.5, 0.6) is 0 Å². The molecule has 0 radical (unpaired) electrons. The third-order valence-electron chi connectivity index (χ3n) is 6.09. The van der Waals surface area contributed by atoms with Crippen molar-refractivity contribution >= 4 is 0 Å². The van der Waals surface area contributed by atoms with Crippen LogP contribution in [0, 0.1) is 17.8 Å². The van der Waals surface area contributed by atoms with Gasteiger partial charge in [0.15, 0.2) is 5.60 Å². The van der Waals surface area contributed by atoms with Gasteiger partial charge >= 0.3 is 6.18 Å². The second-order valence-electron chi connectivity index (χ2n) is 8.03. The van der Waals surface area contributed by atoms with Crippen molar-refractivity contribution in [1.82, 2.24) is 0 Å². The summed E-state index contributed by atoms with van der Waals surface area (Å²) in [6.45, 7) is 7.14. The molecule has 5 atom stereocenters. The van der Waals surface area contributed by atoms with E-state index in [1.165, 1.54) is 6.92 Å². The molecule has 0 aromatic rings. The molecule has 1 saturated heterocycles. The second-order valence-corrected chi connectivity index (χ2v) is 8.03. The normalized spacial score (nSPS) is 42.2. The van der Waals surface area contributed by atoms with E-state index in [4.69, 9.17) is 14.4 Å². The SMILES string of the molecule is CC1=C(C(F)(F)F)O[C@@H]2OC(C)(C)CC[C@H]3[C@H](C)CC[C@@H]1[C@@]23OO. The van der Waals surface area contributed by atoms with Crippen LogP contribution in [-0.4, -0.2) is 28.9 Å². The standard InChI is InChI=1S/C17H25F3O4/c1-9-5-6-12-10(2)13(17(18,19)20)22-14-16(12,24-21)11(9)7-8-15(3,4)23-14/h9,11-12,14,21H,5-8H2,1-4H3/t9-,11+,12+,14-,16-/m1/s1. The van der Waals surface area contributed by atoms with Crippen LogP contribution >= 0.6 is 0 Å². The lowest BCUT2D eigenvalue weighted by atomic mass is 9.59. The molecule has 0 amide bonds. The zero-order valence-electron chi connectivity index (χ0n) is 14.4. The lowest BCUT2D eigenvalue weighted by Crippen LogP contribution is -2.63. The molecular weight excluding hydrogens is 325 g/mol. The fourth-order valence-corrected chi connectivity index (χ4v) is 4.85. The Hall–Kier alpha value is -0.790. The van der Waals surface area contributed by atoms with Crippen LogP contribution < -0.4 is 0 Å². The molecular formula is C17H25F3O4. The zero-order valence-corrected chi connectivity index (χ0v) is 14.4. The van der Waals surface area contributed by atoms with Gasteiger partial charge in [0, 0.05) is 11.8 Å². The molecule has 0 aromatic heterocycles. The van der Waals surface area contributed by atoms with Gasteiger partial charge in [0.25, 0.3) is 0 Å². The first-order valence-corrected chi connectivity index (χ1v) is 8.48. The molecule has 0 bridgehead atoms. The highest BCUT2D eigenvalue weighted by Crippen LogP contribution is 2.58. The second kappa shape index (κ2) is 5.61. The third-order valence-corrected chi connectivity index (χ3v) is 6.09. The summed E-state index contributed by atoms with van der Waals surface area (Å²) in [5.41, 5.74) is -1.85. The maximum Gasteiger partial charge on any atom is 0.448 e. The van der Waals surface area contributed by atoms with Gasteiger partial charge in [-0.15, -0.1) is 0 Å². The van der Waals surface area contributed by atoms with E-state index >= 15 is 0 Å². The van der Waals surface area contributed by atoms with Crippen molar-refractivity contribution < 1.29 is 32.8 Å². The number of hydrogen-bond donors (Lipinski definition) is 1. The van der Waals surface area contributed by atoms with Gasteiger partial charge < -0.3 is 9.47 Å². The largest absolute Gasteiger partial charge is 0.456 e. The Labute approximate surface area is 139 Å². The molecule has 1 aliphatic carbocycles. The van der Waals surface area contributed by atoms with Gasteiger partial charge in [-0.3, -0.25) is 5.26 Å². The van der Waals surface area contributed by atoms with Crippen LogP contribution in [0.1, 0.15) is 53.4 Å². The van der Waals surface area contributed by atoms with Gasteiger partial charge in [-0.2, -0.15) is 13.2 Å². The number of hydrogen-bond acceptors (Lipinski definition) is 4. The van der Waals surface area contributed by atoms with Gasteiger partial charge in [-0.1, -0.05) is 6.92 Å². The van der Waals surface area contributed by atoms with Crippen molar-refractivity contribution in [3.8, 4) is 0 Å². The van der Waals surface area contributed by atoms with Crippen molar-refractivity contribution in [3.05, 3.63) is 11.3 Å². The molecule has 4 nitrogen and oxygen atoms in total. The quantitative estimate of drug-likeness (QED) is 0.552. The molecule has 1 saturated carbocycles. The van der Waals surface area contributed by atoms with E-state index in [1.54, 1.807) is 0 Å². The summed E-state index contributed by atoms with van der Waals surface area (Å²) >= 11 is 0. The minimum atomic E-state index is -4.59. The molecule has 7 heteroatoms. The van der Waals surface area contributed by atoms with Gasteiger partial charge in [0.05, 0.1) is 5.60 Å². The zero-order chi connectivity index (χ0) is 17.9. The topological polar surface area (TPSA) is 47.9 Å². The van der Waals surface area contributed by atoms with Crippen molar-refractivity contribution in [2.24, 2.45) is 17.8 Å². The van der Waals surface area contributed by atoms with Gasteiger partial charge in [0.1, 0.15) is 0 Å². The highest BCUT2D eigenvalue weighted by Gasteiger charge is 2.65. The minimum Gasteiger partial charge on any atom is -0.456 e. The van der Waals surface area contributed by atoms with Crippen molar-refractivity contribution in [3.63, 3.8) is 0 Å². The van der Waals surface area contributed by atoms with Crippen LogP contribution in [0.3, 0.4) is 0 Å². The number of alkyl halides is 3. The molecule has 0 aromatic carbocycles. The van der Waals surface area contributed by atoms with E-state index in [2.05, 4.69) is 6.92 Å². The van der Waals surface area contributed by atoms with Crippen LogP contribution in [0.2, 0.25) is 0 Å². The fraction of sp³-hybridized carbons (Fsp3) is 0.882. The molecule has 2 heterocycles. The first kappa shape index (κ1) is 18.0. The van der Waals surface area contributed by atoms with E-state index < -0.39 is 35.3 Å².